The molecule has 5 rings (SSSR count). The van der Waals surface area contributed by atoms with Crippen molar-refractivity contribution in [1.29, 1.82) is 0 Å². The molecule has 1 heterocycles. The molecule has 2 aromatic rings. The zero-order valence-corrected chi connectivity index (χ0v) is 25.1. The predicted octanol–water partition coefficient (Wildman–Crippen LogP) is 7.64. The molecular formula is C31H31Cl3N2O4. The van der Waals surface area contributed by atoms with Crippen molar-refractivity contribution in [1.82, 2.24) is 5.32 Å². The number of Topliss-reactive ketones (excluding diaryl/α,β-unsaturated/α-hetero) is 2. The number of hydrogen-bond acceptors (Lipinski definition) is 5. The Bertz CT molecular complexity index is 1430. The number of rotatable bonds is 5. The highest BCUT2D eigenvalue weighted by Gasteiger charge is 2.46. The standard InChI is InChI=1S/C31H31Cl3N2O4/c1-30(2)11-21-27(23(37)13-30)26(28-22(35-21)12-31(3,4)14-24(28)38)16-9-18(33)29(19(34)10-16)40-15-25(39)36-20-8-6-5-7-17(20)32/h5-10,26,35H,11-15H2,1-4H3,(H,36,39). The van der Waals surface area contributed by atoms with Crippen LogP contribution in [0.5, 0.6) is 5.75 Å². The van der Waals surface area contributed by atoms with Gasteiger partial charge in [0.15, 0.2) is 23.9 Å². The lowest BCUT2D eigenvalue weighted by atomic mass is 9.64. The van der Waals surface area contributed by atoms with Crippen molar-refractivity contribution >= 4 is 58.0 Å². The number of halogens is 3. The molecule has 2 N–H and O–H groups in total. The van der Waals surface area contributed by atoms with Gasteiger partial charge < -0.3 is 15.4 Å². The largest absolute Gasteiger partial charge is 0.481 e. The molecule has 2 aliphatic carbocycles. The van der Waals surface area contributed by atoms with Gasteiger partial charge in [0.05, 0.1) is 20.8 Å². The van der Waals surface area contributed by atoms with E-state index in [0.29, 0.717) is 53.1 Å². The van der Waals surface area contributed by atoms with Gasteiger partial charge in [0.25, 0.3) is 5.91 Å². The van der Waals surface area contributed by atoms with E-state index in [4.69, 9.17) is 39.5 Å². The minimum atomic E-state index is -0.578. The summed E-state index contributed by atoms with van der Waals surface area (Å²) in [6.07, 6.45) is 2.16. The van der Waals surface area contributed by atoms with Crippen LogP contribution < -0.4 is 15.4 Å². The number of amides is 1. The highest BCUT2D eigenvalue weighted by atomic mass is 35.5. The summed E-state index contributed by atoms with van der Waals surface area (Å²) >= 11 is 19.4. The lowest BCUT2D eigenvalue weighted by Crippen LogP contribution is -2.42. The quantitative estimate of drug-likeness (QED) is 0.368. The van der Waals surface area contributed by atoms with Gasteiger partial charge in [-0.05, 0) is 53.5 Å². The van der Waals surface area contributed by atoms with Crippen LogP contribution in [0, 0.1) is 10.8 Å². The Morgan fingerprint density at radius 1 is 0.875 bits per heavy atom. The second-order valence-electron chi connectivity index (χ2n) is 12.4. The third-order valence-corrected chi connectivity index (χ3v) is 8.46. The molecule has 0 unspecified atom stereocenters. The van der Waals surface area contributed by atoms with E-state index in [2.05, 4.69) is 38.3 Å². The van der Waals surface area contributed by atoms with Gasteiger partial charge in [0.2, 0.25) is 0 Å². The van der Waals surface area contributed by atoms with Gasteiger partial charge in [-0.1, -0.05) is 74.6 Å². The maximum absolute atomic E-state index is 13.5. The Labute approximate surface area is 249 Å². The number of carbonyl (C=O) groups is 3. The predicted molar refractivity (Wildman–Crippen MR) is 158 cm³/mol. The maximum Gasteiger partial charge on any atom is 0.262 e. The Hall–Kier alpha value is -2.80. The number of hydrogen-bond donors (Lipinski definition) is 2. The summed E-state index contributed by atoms with van der Waals surface area (Å²) in [6, 6.07) is 10.2. The van der Waals surface area contributed by atoms with Crippen LogP contribution in [0.1, 0.15) is 64.9 Å². The minimum Gasteiger partial charge on any atom is -0.481 e. The van der Waals surface area contributed by atoms with Gasteiger partial charge in [-0.25, -0.2) is 0 Å². The first-order chi connectivity index (χ1) is 18.7. The molecule has 2 aromatic carbocycles. The topological polar surface area (TPSA) is 84.5 Å². The average molecular weight is 602 g/mol. The van der Waals surface area contributed by atoms with Crippen molar-refractivity contribution in [3.05, 3.63) is 79.6 Å². The number of carbonyl (C=O) groups excluding carboxylic acids is 3. The van der Waals surface area contributed by atoms with Crippen LogP contribution in [0.3, 0.4) is 0 Å². The fraction of sp³-hybridized carbons (Fsp3) is 0.387. The van der Waals surface area contributed by atoms with E-state index in [1.807, 2.05) is 0 Å². The van der Waals surface area contributed by atoms with Crippen LogP contribution in [-0.2, 0) is 14.4 Å². The first kappa shape index (κ1) is 28.7. The van der Waals surface area contributed by atoms with Crippen molar-refractivity contribution in [2.75, 3.05) is 11.9 Å². The Morgan fingerprint density at radius 2 is 1.40 bits per heavy atom. The molecule has 0 saturated carbocycles. The molecule has 1 amide bonds. The Kier molecular flexibility index (Phi) is 7.58. The number of benzene rings is 2. The first-order valence-electron chi connectivity index (χ1n) is 13.2. The van der Waals surface area contributed by atoms with E-state index in [9.17, 15) is 14.4 Å². The van der Waals surface area contributed by atoms with Crippen LogP contribution in [0.15, 0.2) is 58.9 Å². The van der Waals surface area contributed by atoms with Crippen molar-refractivity contribution in [3.63, 3.8) is 0 Å². The summed E-state index contributed by atoms with van der Waals surface area (Å²) in [6.45, 7) is 7.96. The van der Waals surface area contributed by atoms with Gasteiger partial charge in [0, 0.05) is 41.3 Å². The summed E-state index contributed by atoms with van der Waals surface area (Å²) in [5.41, 5.74) is 3.64. The summed E-state index contributed by atoms with van der Waals surface area (Å²) < 4.78 is 5.70. The lowest BCUT2D eigenvalue weighted by molar-refractivity contribution is -0.119. The van der Waals surface area contributed by atoms with Crippen LogP contribution >= 0.6 is 34.8 Å². The number of ether oxygens (including phenoxy) is 1. The second-order valence-corrected chi connectivity index (χ2v) is 13.6. The van der Waals surface area contributed by atoms with Gasteiger partial charge in [-0.15, -0.1) is 0 Å². The summed E-state index contributed by atoms with van der Waals surface area (Å²) in [7, 11) is 0. The normalized spacial score (nSPS) is 20.1. The minimum absolute atomic E-state index is 0.0109. The summed E-state index contributed by atoms with van der Waals surface area (Å²) in [5.74, 6) is -0.844. The Balaban J connectivity index is 1.48. The SMILES string of the molecule is CC1(C)CC(=O)C2=C(C1)NC1=C(C(=O)CC(C)(C)C1)C2c1cc(Cl)c(OCC(=O)Nc2ccccc2Cl)c(Cl)c1. The molecule has 6 nitrogen and oxygen atoms in total. The number of para-hydroxylation sites is 1. The molecule has 3 aliphatic rings. The van der Waals surface area contributed by atoms with Crippen LogP contribution in [0.25, 0.3) is 0 Å². The van der Waals surface area contributed by atoms with E-state index >= 15 is 0 Å². The highest BCUT2D eigenvalue weighted by molar-refractivity contribution is 6.37. The molecule has 0 bridgehead atoms. The molecular weight excluding hydrogens is 571 g/mol. The third kappa shape index (κ3) is 5.67. The van der Waals surface area contributed by atoms with E-state index in [1.54, 1.807) is 36.4 Å². The van der Waals surface area contributed by atoms with Crippen LogP contribution in [0.2, 0.25) is 15.1 Å². The Morgan fingerprint density at radius 3 is 1.93 bits per heavy atom. The van der Waals surface area contributed by atoms with Gasteiger partial charge in [-0.2, -0.15) is 0 Å². The van der Waals surface area contributed by atoms with Gasteiger partial charge >= 0.3 is 0 Å². The van der Waals surface area contributed by atoms with Crippen LogP contribution in [0.4, 0.5) is 5.69 Å². The smallest absolute Gasteiger partial charge is 0.262 e. The highest BCUT2D eigenvalue weighted by Crippen LogP contribution is 2.52. The molecule has 1 aliphatic heterocycles. The van der Waals surface area contributed by atoms with Crippen molar-refractivity contribution < 1.29 is 19.1 Å². The zero-order chi connectivity index (χ0) is 29.0. The molecule has 0 radical (unpaired) electrons. The molecule has 210 valence electrons. The van der Waals surface area contributed by atoms with Crippen LogP contribution in [-0.4, -0.2) is 24.1 Å². The van der Waals surface area contributed by atoms with E-state index < -0.39 is 11.8 Å². The molecule has 0 saturated heterocycles. The van der Waals surface area contributed by atoms with Crippen molar-refractivity contribution in [2.24, 2.45) is 10.8 Å². The van der Waals surface area contributed by atoms with Crippen molar-refractivity contribution in [3.8, 4) is 5.75 Å². The number of nitrogens with one attached hydrogen (secondary N) is 2. The third-order valence-electron chi connectivity index (χ3n) is 7.57. The van der Waals surface area contributed by atoms with Gasteiger partial charge in [0.1, 0.15) is 0 Å². The van der Waals surface area contributed by atoms with E-state index in [1.165, 1.54) is 0 Å². The first-order valence-corrected chi connectivity index (χ1v) is 14.3. The zero-order valence-electron chi connectivity index (χ0n) is 22.8. The lowest BCUT2D eigenvalue weighted by Gasteiger charge is -2.44. The molecule has 9 heteroatoms. The summed E-state index contributed by atoms with van der Waals surface area (Å²) in [4.78, 5) is 39.6. The van der Waals surface area contributed by atoms with E-state index in [0.717, 1.165) is 11.4 Å². The van der Waals surface area contributed by atoms with E-state index in [-0.39, 0.29) is 44.8 Å². The molecule has 0 aromatic heterocycles. The number of dihydropyridines is 1. The number of allylic oxidation sites excluding steroid dienone is 4. The molecule has 0 fully saturated rings. The second kappa shape index (κ2) is 10.6. The fourth-order valence-corrected chi connectivity index (χ4v) is 6.79. The monoisotopic (exact) mass is 600 g/mol. The summed E-state index contributed by atoms with van der Waals surface area (Å²) in [5, 5.41) is 6.96. The van der Waals surface area contributed by atoms with Crippen molar-refractivity contribution in [2.45, 2.75) is 59.3 Å². The molecule has 40 heavy (non-hydrogen) atoms. The van der Waals surface area contributed by atoms with Gasteiger partial charge in [-0.3, -0.25) is 14.4 Å². The maximum atomic E-state index is 13.5. The number of anilines is 1. The molecule has 0 spiro atoms. The molecule has 0 atom stereocenters. The number of ketones is 2. The fourth-order valence-electron chi connectivity index (χ4n) is 5.99. The average Bonchev–Trinajstić information content (AvgIpc) is 2.82.